The first-order chi connectivity index (χ1) is 16.4. The van der Waals surface area contributed by atoms with Gasteiger partial charge < -0.3 is 14.6 Å². The fraction of sp³-hybridized carbons (Fsp3) is 0.440. The number of fused-ring (bicyclic) bond motifs is 1. The molecule has 0 aliphatic heterocycles. The van der Waals surface area contributed by atoms with E-state index in [1.807, 2.05) is 11.5 Å². The molecule has 34 heavy (non-hydrogen) atoms. The third-order valence-corrected chi connectivity index (χ3v) is 8.19. The molecule has 0 saturated heterocycles. The van der Waals surface area contributed by atoms with Gasteiger partial charge in [0.05, 0.1) is 18.4 Å². The van der Waals surface area contributed by atoms with E-state index in [9.17, 15) is 9.59 Å². The highest BCUT2D eigenvalue weighted by atomic mass is 32.2. The summed E-state index contributed by atoms with van der Waals surface area (Å²) >= 11 is 2.84. The van der Waals surface area contributed by atoms with Gasteiger partial charge in [-0.1, -0.05) is 49.9 Å². The highest BCUT2D eigenvalue weighted by Gasteiger charge is 2.27. The lowest BCUT2D eigenvalue weighted by Gasteiger charge is -2.11. The van der Waals surface area contributed by atoms with Crippen LogP contribution in [0, 0.1) is 0 Å². The molecule has 180 valence electrons. The van der Waals surface area contributed by atoms with Gasteiger partial charge in [-0.15, -0.1) is 21.5 Å². The Kier molecular flexibility index (Phi) is 7.73. The number of thiophene rings is 1. The molecule has 1 aliphatic rings. The number of anilines is 1. The number of hydrogen-bond donors (Lipinski definition) is 1. The van der Waals surface area contributed by atoms with E-state index in [1.54, 1.807) is 0 Å². The maximum Gasteiger partial charge on any atom is 0.341 e. The largest absolute Gasteiger partial charge is 0.465 e. The quantitative estimate of drug-likeness (QED) is 0.324. The van der Waals surface area contributed by atoms with E-state index in [1.165, 1.54) is 40.6 Å². The Bertz CT molecular complexity index is 1180. The number of rotatable bonds is 8. The van der Waals surface area contributed by atoms with Crippen molar-refractivity contribution in [1.82, 2.24) is 14.8 Å². The summed E-state index contributed by atoms with van der Waals surface area (Å²) in [5.41, 5.74) is 3.83. The van der Waals surface area contributed by atoms with Crippen molar-refractivity contribution in [3.8, 4) is 11.4 Å². The van der Waals surface area contributed by atoms with Gasteiger partial charge >= 0.3 is 5.97 Å². The van der Waals surface area contributed by atoms with E-state index in [2.05, 4.69) is 53.6 Å². The second kappa shape index (κ2) is 10.7. The van der Waals surface area contributed by atoms with Crippen LogP contribution in [0.3, 0.4) is 0 Å². The van der Waals surface area contributed by atoms with E-state index in [-0.39, 0.29) is 17.6 Å². The number of methoxy groups -OCH3 is 1. The molecule has 1 aliphatic carbocycles. The number of ether oxygens (including phenoxy) is 1. The minimum atomic E-state index is -0.388. The number of aryl methyl sites for hydroxylation is 1. The third kappa shape index (κ3) is 5.05. The zero-order valence-electron chi connectivity index (χ0n) is 20.0. The number of carbonyl (C=O) groups is 2. The number of amides is 1. The molecule has 0 bridgehead atoms. The molecule has 9 heteroatoms. The molecule has 0 unspecified atom stereocenters. The van der Waals surface area contributed by atoms with Crippen LogP contribution in [0.5, 0.6) is 0 Å². The molecule has 1 N–H and O–H groups in total. The van der Waals surface area contributed by atoms with Crippen LogP contribution in [0.4, 0.5) is 5.00 Å². The molecule has 2 heterocycles. The Labute approximate surface area is 208 Å². The second-order valence-corrected chi connectivity index (χ2v) is 10.6. The number of aromatic nitrogens is 3. The molecule has 0 radical (unpaired) electrons. The molecule has 0 atom stereocenters. The summed E-state index contributed by atoms with van der Waals surface area (Å²) in [6, 6.07) is 8.38. The van der Waals surface area contributed by atoms with Crippen LogP contribution < -0.4 is 5.32 Å². The zero-order chi connectivity index (χ0) is 24.2. The highest BCUT2D eigenvalue weighted by Crippen LogP contribution is 2.38. The third-order valence-electron chi connectivity index (χ3n) is 6.01. The Morgan fingerprint density at radius 2 is 1.91 bits per heavy atom. The van der Waals surface area contributed by atoms with Gasteiger partial charge in [-0.3, -0.25) is 4.79 Å². The number of esters is 1. The van der Waals surface area contributed by atoms with Crippen LogP contribution in [-0.2, 0) is 28.9 Å². The molecule has 0 spiro atoms. The molecular formula is C25H30N4O3S2. The molecule has 1 aromatic carbocycles. The number of nitrogens with zero attached hydrogens (tertiary/aromatic N) is 3. The standard InChI is InChI=1S/C25H30N4O3S2/c1-5-29-22(17-12-10-16(11-13-17)15(2)3)27-28-25(29)33-14-20(30)26-23-21(24(31)32-4)18-8-6-7-9-19(18)34-23/h10-13,15H,5-9,14H2,1-4H3,(H,26,30). The van der Waals surface area contributed by atoms with Gasteiger partial charge in [0.2, 0.25) is 5.91 Å². The van der Waals surface area contributed by atoms with Gasteiger partial charge in [0.1, 0.15) is 5.00 Å². The molecule has 2 aromatic heterocycles. The fourth-order valence-corrected chi connectivity index (χ4v) is 6.27. The minimum absolute atomic E-state index is 0.174. The molecule has 7 nitrogen and oxygen atoms in total. The molecule has 0 saturated carbocycles. The number of carbonyl (C=O) groups excluding carboxylic acids is 2. The van der Waals surface area contributed by atoms with Crippen molar-refractivity contribution < 1.29 is 14.3 Å². The van der Waals surface area contributed by atoms with E-state index in [0.29, 0.717) is 28.2 Å². The lowest BCUT2D eigenvalue weighted by atomic mass is 9.95. The van der Waals surface area contributed by atoms with Crippen molar-refractivity contribution in [3.05, 3.63) is 45.8 Å². The molecule has 1 amide bonds. The lowest BCUT2D eigenvalue weighted by Crippen LogP contribution is -2.17. The van der Waals surface area contributed by atoms with Gasteiger partial charge in [0, 0.05) is 17.0 Å². The van der Waals surface area contributed by atoms with Crippen LogP contribution in [-0.4, -0.2) is 39.5 Å². The normalized spacial score (nSPS) is 13.1. The SMILES string of the molecule is CCn1c(SCC(=O)Nc2sc3c(c2C(=O)OC)CCCC3)nnc1-c1ccc(C(C)C)cc1. The summed E-state index contributed by atoms with van der Waals surface area (Å²) in [5, 5.41) is 13.0. The number of thioether (sulfide) groups is 1. The summed E-state index contributed by atoms with van der Waals surface area (Å²) in [7, 11) is 1.38. The van der Waals surface area contributed by atoms with Gasteiger partial charge in [-0.2, -0.15) is 0 Å². The summed E-state index contributed by atoms with van der Waals surface area (Å²) < 4.78 is 7.02. The first kappa shape index (κ1) is 24.5. The molecule has 4 rings (SSSR count). The van der Waals surface area contributed by atoms with Crippen molar-refractivity contribution in [2.75, 3.05) is 18.2 Å². The summed E-state index contributed by atoms with van der Waals surface area (Å²) in [6.07, 6.45) is 3.94. The predicted molar refractivity (Wildman–Crippen MR) is 137 cm³/mol. The van der Waals surface area contributed by atoms with E-state index < -0.39 is 0 Å². The average molecular weight is 499 g/mol. The maximum absolute atomic E-state index is 12.8. The van der Waals surface area contributed by atoms with Crippen LogP contribution in [0.1, 0.15) is 65.9 Å². The first-order valence-electron chi connectivity index (χ1n) is 11.6. The number of benzene rings is 1. The van der Waals surface area contributed by atoms with Crippen molar-refractivity contribution in [1.29, 1.82) is 0 Å². The van der Waals surface area contributed by atoms with Gasteiger partial charge in [-0.25, -0.2) is 4.79 Å². The summed E-state index contributed by atoms with van der Waals surface area (Å²) in [6.45, 7) is 7.08. The fourth-order valence-electron chi connectivity index (χ4n) is 4.18. The average Bonchev–Trinajstić information content (AvgIpc) is 3.42. The van der Waals surface area contributed by atoms with Crippen molar-refractivity contribution in [2.45, 2.75) is 64.1 Å². The number of nitrogens with one attached hydrogen (secondary N) is 1. The molecule has 3 aromatic rings. The summed E-state index contributed by atoms with van der Waals surface area (Å²) in [5.74, 6) is 0.868. The molecule has 0 fully saturated rings. The summed E-state index contributed by atoms with van der Waals surface area (Å²) in [4.78, 5) is 26.4. The smallest absolute Gasteiger partial charge is 0.341 e. The van der Waals surface area contributed by atoms with Crippen LogP contribution in [0.15, 0.2) is 29.4 Å². The predicted octanol–water partition coefficient (Wildman–Crippen LogP) is 5.55. The molecular weight excluding hydrogens is 468 g/mol. The van der Waals surface area contributed by atoms with Crippen LogP contribution >= 0.6 is 23.1 Å². The Balaban J connectivity index is 1.47. The topological polar surface area (TPSA) is 86.1 Å². The van der Waals surface area contributed by atoms with Crippen molar-refractivity contribution in [3.63, 3.8) is 0 Å². The van der Waals surface area contributed by atoms with Gasteiger partial charge in [-0.05, 0) is 49.7 Å². The zero-order valence-corrected chi connectivity index (χ0v) is 21.6. The minimum Gasteiger partial charge on any atom is -0.465 e. The van der Waals surface area contributed by atoms with E-state index in [0.717, 1.165) is 42.6 Å². The second-order valence-electron chi connectivity index (χ2n) is 8.57. The monoisotopic (exact) mass is 498 g/mol. The van der Waals surface area contributed by atoms with Crippen LogP contribution in [0.25, 0.3) is 11.4 Å². The highest BCUT2D eigenvalue weighted by molar-refractivity contribution is 7.99. The van der Waals surface area contributed by atoms with Gasteiger partial charge in [0.25, 0.3) is 0 Å². The van der Waals surface area contributed by atoms with Crippen molar-refractivity contribution in [2.24, 2.45) is 0 Å². The van der Waals surface area contributed by atoms with E-state index >= 15 is 0 Å². The Hall–Kier alpha value is -2.65. The Morgan fingerprint density at radius 1 is 1.18 bits per heavy atom. The van der Waals surface area contributed by atoms with E-state index in [4.69, 9.17) is 4.74 Å². The van der Waals surface area contributed by atoms with Crippen molar-refractivity contribution >= 4 is 40.0 Å². The van der Waals surface area contributed by atoms with Gasteiger partial charge in [0.15, 0.2) is 11.0 Å². The maximum atomic E-state index is 12.8. The number of hydrogen-bond acceptors (Lipinski definition) is 7. The first-order valence-corrected chi connectivity index (χ1v) is 13.4. The van der Waals surface area contributed by atoms with Crippen LogP contribution in [0.2, 0.25) is 0 Å². The Morgan fingerprint density at radius 3 is 2.59 bits per heavy atom. The lowest BCUT2D eigenvalue weighted by molar-refractivity contribution is -0.113.